The summed E-state index contributed by atoms with van der Waals surface area (Å²) in [5, 5.41) is 16.6. The molecule has 0 atom stereocenters. The third-order valence-electron chi connectivity index (χ3n) is 1.68. The lowest BCUT2D eigenvalue weighted by Gasteiger charge is -2.07. The lowest BCUT2D eigenvalue weighted by atomic mass is 9.89. The van der Waals surface area contributed by atoms with Crippen molar-refractivity contribution in [3.05, 3.63) is 12.2 Å². The van der Waals surface area contributed by atoms with Gasteiger partial charge in [-0.2, -0.15) is 0 Å². The second-order valence-corrected chi connectivity index (χ2v) is 3.44. The molecule has 0 aliphatic heterocycles. The number of hydrogen-bond donors (Lipinski definition) is 4. The van der Waals surface area contributed by atoms with Gasteiger partial charge in [0.1, 0.15) is 0 Å². The van der Waals surface area contributed by atoms with E-state index in [4.69, 9.17) is 5.02 Å². The average molecular weight is 227 g/mol. The highest BCUT2D eigenvalue weighted by Crippen LogP contribution is 1.83. The smallest absolute Gasteiger partial charge is 0.373 e. The van der Waals surface area contributed by atoms with E-state index in [0.717, 1.165) is 0 Å². The number of hydrogen-bond acceptors (Lipinski definition) is 4. The first-order valence-corrected chi connectivity index (χ1v) is 5.05. The van der Waals surface area contributed by atoms with Crippen LogP contribution in [0.5, 0.6) is 0 Å². The Morgan fingerprint density at radius 1 is 1.31 bits per heavy atom. The molecule has 0 saturated carbocycles. The molecule has 0 aliphatic rings. The third-order valence-corrected chi connectivity index (χ3v) is 1.68. The van der Waals surface area contributed by atoms with Crippen LogP contribution in [0.1, 0.15) is 6.92 Å². The highest BCUT2D eigenvalue weighted by molar-refractivity contribution is 6.45. The van der Waals surface area contributed by atoms with Crippen molar-refractivity contribution in [3.63, 3.8) is 0 Å². The van der Waals surface area contributed by atoms with Crippen molar-refractivity contribution in [1.29, 1.82) is 0 Å². The fourth-order valence-electron chi connectivity index (χ4n) is 0.857. The fraction of sp³-hybridized carbons (Fsp3) is 0.556. The van der Waals surface area contributed by atoms with E-state index in [1.54, 1.807) is 13.7 Å². The Morgan fingerprint density at radius 3 is 2.44 bits per heavy atom. The molecule has 0 aromatic heterocycles. The van der Waals surface area contributed by atoms with Crippen LogP contribution in [0.15, 0.2) is 12.2 Å². The number of rotatable bonds is 7. The molecule has 2 amide bonds. The van der Waals surface area contributed by atoms with E-state index in [9.17, 15) is 9.59 Å². The molecule has 0 bridgehead atoms. The van der Waals surface area contributed by atoms with Gasteiger partial charge in [-0.25, -0.2) is 0 Å². The molecule has 90 valence electrons. The zero-order chi connectivity index (χ0) is 12.6. The first kappa shape index (κ1) is 14.7. The Kier molecular flexibility index (Phi) is 7.23. The Hall–Kier alpha value is -1.34. The Labute approximate surface area is 95.6 Å². The maximum atomic E-state index is 11.2. The molecule has 0 rings (SSSR count). The molecule has 0 spiro atoms. The van der Waals surface area contributed by atoms with Gasteiger partial charge in [0, 0.05) is 18.7 Å². The molecule has 0 heterocycles. The van der Waals surface area contributed by atoms with Crippen LogP contribution in [0.4, 0.5) is 0 Å². The molecule has 0 unspecified atom stereocenters. The van der Waals surface area contributed by atoms with Crippen LogP contribution in [0, 0.1) is 0 Å². The van der Waals surface area contributed by atoms with Crippen molar-refractivity contribution in [2.24, 2.45) is 0 Å². The second-order valence-electron chi connectivity index (χ2n) is 3.44. The number of carbonyl (C=O) groups is 2. The lowest BCUT2D eigenvalue weighted by Crippen LogP contribution is -2.42. The minimum absolute atomic E-state index is 0.0691. The topological polar surface area (TPSA) is 90.5 Å². The van der Waals surface area contributed by atoms with Gasteiger partial charge in [0.2, 0.25) is 11.8 Å². The standard InChI is InChI=1S/C9H18BN3O3/c1-7(2)9(15)12-6-8(14)11-4-5-13-10(3)16/h13,16H,1,4-6H2,2-3H3,(H,11,14)(H,12,15). The Balaban J connectivity index is 3.52. The van der Waals surface area contributed by atoms with Crippen molar-refractivity contribution >= 4 is 18.9 Å². The first-order valence-electron chi connectivity index (χ1n) is 5.05. The Bertz CT molecular complexity index is 269. The summed E-state index contributed by atoms with van der Waals surface area (Å²) in [7, 11) is -0.597. The molecule has 4 N–H and O–H groups in total. The van der Waals surface area contributed by atoms with E-state index in [-0.39, 0.29) is 18.4 Å². The van der Waals surface area contributed by atoms with Gasteiger partial charge in [0.05, 0.1) is 6.54 Å². The van der Waals surface area contributed by atoms with E-state index < -0.39 is 7.05 Å². The molecule has 0 aromatic rings. The van der Waals surface area contributed by atoms with Gasteiger partial charge in [0.15, 0.2) is 0 Å². The minimum atomic E-state index is -0.597. The van der Waals surface area contributed by atoms with Crippen LogP contribution in [0.25, 0.3) is 0 Å². The highest BCUT2D eigenvalue weighted by Gasteiger charge is 2.05. The normalized spacial score (nSPS) is 9.44. The molecule has 0 radical (unpaired) electrons. The summed E-state index contributed by atoms with van der Waals surface area (Å²) in [6, 6.07) is 0. The SMILES string of the molecule is C=C(C)C(=O)NCC(=O)NCCNB(C)O. The van der Waals surface area contributed by atoms with Gasteiger partial charge in [-0.1, -0.05) is 6.58 Å². The van der Waals surface area contributed by atoms with Crippen molar-refractivity contribution in [1.82, 2.24) is 15.9 Å². The molecule has 16 heavy (non-hydrogen) atoms. The van der Waals surface area contributed by atoms with Crippen molar-refractivity contribution in [2.45, 2.75) is 13.7 Å². The largest absolute Gasteiger partial charge is 0.437 e. The monoisotopic (exact) mass is 227 g/mol. The van der Waals surface area contributed by atoms with E-state index in [2.05, 4.69) is 22.4 Å². The lowest BCUT2D eigenvalue weighted by molar-refractivity contribution is -0.124. The molecular weight excluding hydrogens is 209 g/mol. The van der Waals surface area contributed by atoms with Gasteiger partial charge in [0.25, 0.3) is 0 Å². The molecule has 0 saturated heterocycles. The Morgan fingerprint density at radius 2 is 1.94 bits per heavy atom. The summed E-state index contributed by atoms with van der Waals surface area (Å²) in [6.07, 6.45) is 0. The third kappa shape index (κ3) is 8.01. The van der Waals surface area contributed by atoms with Crippen LogP contribution in [-0.2, 0) is 9.59 Å². The van der Waals surface area contributed by atoms with E-state index >= 15 is 0 Å². The summed E-state index contributed by atoms with van der Waals surface area (Å²) in [5.74, 6) is -0.612. The number of carbonyl (C=O) groups excluding carboxylic acids is 2. The van der Waals surface area contributed by atoms with E-state index in [1.165, 1.54) is 0 Å². The maximum Gasteiger partial charge on any atom is 0.373 e. The zero-order valence-corrected chi connectivity index (χ0v) is 9.67. The number of nitrogens with one attached hydrogen (secondary N) is 3. The minimum Gasteiger partial charge on any atom is -0.437 e. The first-order chi connectivity index (χ1) is 7.43. The summed E-state index contributed by atoms with van der Waals surface area (Å²) >= 11 is 0. The van der Waals surface area contributed by atoms with E-state index in [0.29, 0.717) is 18.7 Å². The van der Waals surface area contributed by atoms with Crippen LogP contribution in [-0.4, -0.2) is 43.5 Å². The van der Waals surface area contributed by atoms with Gasteiger partial charge >= 0.3 is 7.05 Å². The van der Waals surface area contributed by atoms with Crippen LogP contribution >= 0.6 is 0 Å². The van der Waals surface area contributed by atoms with Gasteiger partial charge in [-0.3, -0.25) is 9.59 Å². The van der Waals surface area contributed by atoms with Crippen LogP contribution in [0.3, 0.4) is 0 Å². The quantitative estimate of drug-likeness (QED) is 0.242. The summed E-state index contributed by atoms with van der Waals surface area (Å²) < 4.78 is 0. The van der Waals surface area contributed by atoms with E-state index in [1.807, 2.05) is 0 Å². The molecular formula is C9H18BN3O3. The average Bonchev–Trinajstić information content (AvgIpc) is 2.20. The van der Waals surface area contributed by atoms with Crippen molar-refractivity contribution < 1.29 is 14.6 Å². The molecule has 0 fully saturated rings. The summed E-state index contributed by atoms with van der Waals surface area (Å²) in [4.78, 5) is 22.2. The predicted octanol–water partition coefficient (Wildman–Crippen LogP) is -1.51. The molecule has 0 aromatic carbocycles. The highest BCUT2D eigenvalue weighted by atomic mass is 16.2. The predicted molar refractivity (Wildman–Crippen MR) is 62.7 cm³/mol. The van der Waals surface area contributed by atoms with Crippen LogP contribution in [0.2, 0.25) is 6.82 Å². The molecule has 7 heteroatoms. The maximum absolute atomic E-state index is 11.2. The molecule has 6 nitrogen and oxygen atoms in total. The number of amides is 2. The van der Waals surface area contributed by atoms with Gasteiger partial charge in [-0.15, -0.1) is 0 Å². The molecule has 0 aliphatic carbocycles. The van der Waals surface area contributed by atoms with Crippen molar-refractivity contribution in [2.75, 3.05) is 19.6 Å². The zero-order valence-electron chi connectivity index (χ0n) is 9.67. The van der Waals surface area contributed by atoms with Crippen LogP contribution < -0.4 is 15.9 Å². The van der Waals surface area contributed by atoms with Gasteiger partial charge in [-0.05, 0) is 13.7 Å². The second kappa shape index (κ2) is 7.89. The van der Waals surface area contributed by atoms with Crippen molar-refractivity contribution in [3.8, 4) is 0 Å². The summed E-state index contributed by atoms with van der Waals surface area (Å²) in [6.45, 7) is 7.40. The summed E-state index contributed by atoms with van der Waals surface area (Å²) in [5.41, 5.74) is 0.364. The van der Waals surface area contributed by atoms with Gasteiger partial charge < -0.3 is 20.9 Å². The fourth-order valence-corrected chi connectivity index (χ4v) is 0.857.